The van der Waals surface area contributed by atoms with Gasteiger partial charge in [0.05, 0.1) is 6.61 Å². The third-order valence-corrected chi connectivity index (χ3v) is 4.46. The van der Waals surface area contributed by atoms with Crippen molar-refractivity contribution in [3.05, 3.63) is 0 Å². The van der Waals surface area contributed by atoms with E-state index in [9.17, 15) is 4.79 Å². The van der Waals surface area contributed by atoms with Gasteiger partial charge in [-0.2, -0.15) is 0 Å². The van der Waals surface area contributed by atoms with Gasteiger partial charge in [0.15, 0.2) is 0 Å². The van der Waals surface area contributed by atoms with E-state index in [4.69, 9.17) is 10.5 Å². The molecule has 1 unspecified atom stereocenters. The Bertz CT molecular complexity index is 265. The van der Waals surface area contributed by atoms with E-state index in [2.05, 4.69) is 0 Å². The molecule has 4 nitrogen and oxygen atoms in total. The zero-order valence-corrected chi connectivity index (χ0v) is 10.8. The first-order chi connectivity index (χ1) is 8.17. The second-order valence-corrected chi connectivity index (χ2v) is 5.59. The first-order valence-electron chi connectivity index (χ1n) is 6.70. The van der Waals surface area contributed by atoms with Gasteiger partial charge in [-0.15, -0.1) is 0 Å². The number of hydrogen-bond donors (Lipinski definition) is 1. The van der Waals surface area contributed by atoms with Gasteiger partial charge in [0.2, 0.25) is 5.91 Å². The molecule has 0 aromatic rings. The van der Waals surface area contributed by atoms with Crippen LogP contribution in [0.25, 0.3) is 0 Å². The Morgan fingerprint density at radius 2 is 1.88 bits per heavy atom. The molecular weight excluding hydrogens is 216 g/mol. The molecule has 1 saturated carbocycles. The normalized spacial score (nSPS) is 25.2. The Morgan fingerprint density at radius 1 is 1.29 bits per heavy atom. The SMILES string of the molecule is COCC(N)C(=O)N1CCC2(CCCC2)CC1. The second-order valence-electron chi connectivity index (χ2n) is 5.59. The molecule has 2 aliphatic rings. The van der Waals surface area contributed by atoms with Gasteiger partial charge < -0.3 is 15.4 Å². The third-order valence-electron chi connectivity index (χ3n) is 4.46. The number of likely N-dealkylation sites (tertiary alicyclic amines) is 1. The fraction of sp³-hybridized carbons (Fsp3) is 0.923. The average molecular weight is 240 g/mol. The van der Waals surface area contributed by atoms with E-state index in [0.29, 0.717) is 12.0 Å². The number of methoxy groups -OCH3 is 1. The zero-order valence-electron chi connectivity index (χ0n) is 10.8. The summed E-state index contributed by atoms with van der Waals surface area (Å²) in [6, 6.07) is -0.488. The lowest BCUT2D eigenvalue weighted by Gasteiger charge is -2.40. The number of ether oxygens (including phenoxy) is 1. The van der Waals surface area contributed by atoms with E-state index < -0.39 is 6.04 Å². The summed E-state index contributed by atoms with van der Waals surface area (Å²) in [5.74, 6) is 0.0553. The molecule has 98 valence electrons. The van der Waals surface area contributed by atoms with Gasteiger partial charge >= 0.3 is 0 Å². The van der Waals surface area contributed by atoms with Gasteiger partial charge in [-0.1, -0.05) is 12.8 Å². The molecule has 1 heterocycles. The lowest BCUT2D eigenvalue weighted by Crippen LogP contribution is -2.50. The maximum absolute atomic E-state index is 12.0. The molecule has 1 spiro atoms. The number of rotatable bonds is 3. The highest BCUT2D eigenvalue weighted by molar-refractivity contribution is 5.81. The van der Waals surface area contributed by atoms with E-state index in [-0.39, 0.29) is 5.91 Å². The van der Waals surface area contributed by atoms with Crippen LogP contribution in [0.2, 0.25) is 0 Å². The monoisotopic (exact) mass is 240 g/mol. The standard InChI is InChI=1S/C13H24N2O2/c1-17-10-11(14)12(16)15-8-6-13(7-9-15)4-2-3-5-13/h11H,2-10,14H2,1H3. The van der Waals surface area contributed by atoms with E-state index in [1.807, 2.05) is 4.90 Å². The molecule has 1 saturated heterocycles. The minimum absolute atomic E-state index is 0.0553. The van der Waals surface area contributed by atoms with E-state index in [1.54, 1.807) is 7.11 Å². The zero-order chi connectivity index (χ0) is 12.3. The Morgan fingerprint density at radius 3 is 2.41 bits per heavy atom. The van der Waals surface area contributed by atoms with Gasteiger partial charge in [-0.3, -0.25) is 4.79 Å². The van der Waals surface area contributed by atoms with Gasteiger partial charge in [0.25, 0.3) is 0 Å². The smallest absolute Gasteiger partial charge is 0.241 e. The Kier molecular flexibility index (Phi) is 4.05. The molecule has 2 rings (SSSR count). The number of carbonyl (C=O) groups excluding carboxylic acids is 1. The highest BCUT2D eigenvalue weighted by Gasteiger charge is 2.38. The molecule has 1 atom stereocenters. The summed E-state index contributed by atoms with van der Waals surface area (Å²) in [5.41, 5.74) is 6.34. The van der Waals surface area contributed by atoms with E-state index >= 15 is 0 Å². The fourth-order valence-corrected chi connectivity index (χ4v) is 3.31. The molecule has 0 radical (unpaired) electrons. The number of carbonyl (C=O) groups is 1. The van der Waals surface area contributed by atoms with Crippen molar-refractivity contribution < 1.29 is 9.53 Å². The number of piperidine rings is 1. The Hall–Kier alpha value is -0.610. The Labute approximate surface area is 103 Å². The van der Waals surface area contributed by atoms with Crippen LogP contribution in [0.1, 0.15) is 38.5 Å². The van der Waals surface area contributed by atoms with Crippen LogP contribution in [-0.4, -0.2) is 43.7 Å². The molecule has 0 aromatic heterocycles. The van der Waals surface area contributed by atoms with Crippen molar-refractivity contribution in [2.24, 2.45) is 11.1 Å². The van der Waals surface area contributed by atoms with Gasteiger partial charge in [-0.05, 0) is 31.1 Å². The lowest BCUT2D eigenvalue weighted by atomic mass is 9.77. The van der Waals surface area contributed by atoms with Crippen LogP contribution < -0.4 is 5.73 Å². The van der Waals surface area contributed by atoms with Crippen molar-refractivity contribution in [2.45, 2.75) is 44.6 Å². The molecule has 2 fully saturated rings. The van der Waals surface area contributed by atoms with Crippen LogP contribution in [0.4, 0.5) is 0 Å². The van der Waals surface area contributed by atoms with Crippen LogP contribution >= 0.6 is 0 Å². The largest absolute Gasteiger partial charge is 0.383 e. The quantitative estimate of drug-likeness (QED) is 0.805. The maximum Gasteiger partial charge on any atom is 0.241 e. The summed E-state index contributed by atoms with van der Waals surface area (Å²) in [7, 11) is 1.58. The lowest BCUT2D eigenvalue weighted by molar-refractivity contribution is -0.136. The summed E-state index contributed by atoms with van der Waals surface area (Å²) in [4.78, 5) is 13.9. The number of nitrogens with two attached hydrogens (primary N) is 1. The summed E-state index contributed by atoms with van der Waals surface area (Å²) < 4.78 is 4.94. The third kappa shape index (κ3) is 2.80. The summed E-state index contributed by atoms with van der Waals surface area (Å²) in [5, 5.41) is 0. The summed E-state index contributed by atoms with van der Waals surface area (Å²) >= 11 is 0. The molecule has 0 aromatic carbocycles. The van der Waals surface area contributed by atoms with Crippen molar-refractivity contribution >= 4 is 5.91 Å². The van der Waals surface area contributed by atoms with Crippen LogP contribution in [0.15, 0.2) is 0 Å². The molecule has 1 aliphatic carbocycles. The van der Waals surface area contributed by atoms with Crippen molar-refractivity contribution in [2.75, 3.05) is 26.8 Å². The number of hydrogen-bond acceptors (Lipinski definition) is 3. The van der Waals surface area contributed by atoms with Crippen molar-refractivity contribution in [3.63, 3.8) is 0 Å². The average Bonchev–Trinajstić information content (AvgIpc) is 2.78. The Balaban J connectivity index is 1.84. The molecule has 17 heavy (non-hydrogen) atoms. The highest BCUT2D eigenvalue weighted by Crippen LogP contribution is 2.46. The highest BCUT2D eigenvalue weighted by atomic mass is 16.5. The minimum atomic E-state index is -0.488. The fourth-order valence-electron chi connectivity index (χ4n) is 3.31. The molecule has 1 amide bonds. The molecule has 2 N–H and O–H groups in total. The van der Waals surface area contributed by atoms with Crippen molar-refractivity contribution in [1.82, 2.24) is 4.90 Å². The first kappa shape index (κ1) is 12.8. The summed E-state index contributed by atoms with van der Waals surface area (Å²) in [6.07, 6.45) is 7.80. The van der Waals surface area contributed by atoms with Gasteiger partial charge in [-0.25, -0.2) is 0 Å². The predicted molar refractivity (Wildman–Crippen MR) is 66.6 cm³/mol. The molecule has 4 heteroatoms. The van der Waals surface area contributed by atoms with Crippen LogP contribution in [0, 0.1) is 5.41 Å². The van der Waals surface area contributed by atoms with E-state index in [0.717, 1.165) is 13.1 Å². The van der Waals surface area contributed by atoms with Crippen LogP contribution in [-0.2, 0) is 9.53 Å². The molecular formula is C13H24N2O2. The van der Waals surface area contributed by atoms with E-state index in [1.165, 1.54) is 38.5 Å². The number of amides is 1. The summed E-state index contributed by atoms with van der Waals surface area (Å²) in [6.45, 7) is 2.09. The first-order valence-corrected chi connectivity index (χ1v) is 6.70. The van der Waals surface area contributed by atoms with Gasteiger partial charge in [0.1, 0.15) is 6.04 Å². The van der Waals surface area contributed by atoms with Crippen molar-refractivity contribution in [3.8, 4) is 0 Å². The van der Waals surface area contributed by atoms with Gasteiger partial charge in [0, 0.05) is 20.2 Å². The minimum Gasteiger partial charge on any atom is -0.383 e. The van der Waals surface area contributed by atoms with Crippen molar-refractivity contribution in [1.29, 1.82) is 0 Å². The number of nitrogens with zero attached hydrogens (tertiary/aromatic N) is 1. The van der Waals surface area contributed by atoms with Crippen LogP contribution in [0.3, 0.4) is 0 Å². The molecule has 1 aliphatic heterocycles. The molecule has 0 bridgehead atoms. The predicted octanol–water partition coefficient (Wildman–Crippen LogP) is 1.14. The maximum atomic E-state index is 12.0. The second kappa shape index (κ2) is 5.36. The topological polar surface area (TPSA) is 55.6 Å². The van der Waals surface area contributed by atoms with Crippen LogP contribution in [0.5, 0.6) is 0 Å².